The summed E-state index contributed by atoms with van der Waals surface area (Å²) in [7, 11) is 1.75. The average molecular weight is 239 g/mol. The van der Waals surface area contributed by atoms with E-state index in [0.29, 0.717) is 13.2 Å². The van der Waals surface area contributed by atoms with E-state index in [4.69, 9.17) is 4.74 Å². The number of hydrogen-bond acceptors (Lipinski definition) is 4. The average Bonchev–Trinajstić information content (AvgIpc) is 2.54. The molecule has 0 radical (unpaired) electrons. The molecule has 0 aliphatic heterocycles. The van der Waals surface area contributed by atoms with Crippen LogP contribution in [-0.2, 0) is 16.1 Å². The number of nitrogens with zero attached hydrogens (tertiary/aromatic N) is 2. The summed E-state index contributed by atoms with van der Waals surface area (Å²) < 4.78 is 6.85. The lowest BCUT2D eigenvalue weighted by Gasteiger charge is -2.15. The Morgan fingerprint density at radius 2 is 2.12 bits per heavy atom. The van der Waals surface area contributed by atoms with Crippen molar-refractivity contribution in [1.29, 1.82) is 0 Å². The lowest BCUT2D eigenvalue weighted by Crippen LogP contribution is -2.39. The summed E-state index contributed by atoms with van der Waals surface area (Å²) in [5.41, 5.74) is 3.26. The molecular weight excluding hydrogens is 218 g/mol. The van der Waals surface area contributed by atoms with Crippen LogP contribution in [0.25, 0.3) is 0 Å². The highest BCUT2D eigenvalue weighted by Crippen LogP contribution is 2.11. The van der Waals surface area contributed by atoms with E-state index in [2.05, 4.69) is 10.4 Å². The highest BCUT2D eigenvalue weighted by Gasteiger charge is 2.20. The first kappa shape index (κ1) is 13.7. The molecule has 0 bridgehead atoms. The zero-order valence-electron chi connectivity index (χ0n) is 11.2. The van der Waals surface area contributed by atoms with Crippen molar-refractivity contribution in [2.75, 3.05) is 13.7 Å². The summed E-state index contributed by atoms with van der Waals surface area (Å²) in [6.45, 7) is 8.71. The van der Waals surface area contributed by atoms with Gasteiger partial charge in [0.15, 0.2) is 0 Å². The van der Waals surface area contributed by atoms with E-state index in [1.54, 1.807) is 14.0 Å². The zero-order valence-corrected chi connectivity index (χ0v) is 11.2. The molecule has 0 aliphatic carbocycles. The molecular formula is C12H21N3O2. The molecule has 0 saturated carbocycles. The number of hydrogen-bond donors (Lipinski definition) is 1. The first-order valence-electron chi connectivity index (χ1n) is 5.85. The van der Waals surface area contributed by atoms with Gasteiger partial charge in [-0.1, -0.05) is 0 Å². The van der Waals surface area contributed by atoms with Gasteiger partial charge in [0.25, 0.3) is 0 Å². The van der Waals surface area contributed by atoms with E-state index in [0.717, 1.165) is 11.4 Å². The van der Waals surface area contributed by atoms with E-state index >= 15 is 0 Å². The number of rotatable bonds is 5. The van der Waals surface area contributed by atoms with Crippen molar-refractivity contribution in [2.24, 2.45) is 0 Å². The van der Waals surface area contributed by atoms with Gasteiger partial charge in [0.2, 0.25) is 0 Å². The Balaban J connectivity index is 2.80. The molecule has 0 fully saturated rings. The standard InChI is InChI=1S/C12H21N3O2/c1-6-17-12(16)11(13-5)7-15-10(4)8(2)9(3)14-15/h11,13H,6-7H2,1-5H3. The Kier molecular flexibility index (Phi) is 4.69. The molecule has 5 nitrogen and oxygen atoms in total. The molecule has 1 atom stereocenters. The highest BCUT2D eigenvalue weighted by molar-refractivity contribution is 5.75. The molecule has 0 aromatic carbocycles. The molecule has 0 spiro atoms. The van der Waals surface area contributed by atoms with Crippen molar-refractivity contribution in [3.8, 4) is 0 Å². The molecule has 1 aromatic heterocycles. The second kappa shape index (κ2) is 5.82. The molecule has 1 heterocycles. The molecule has 0 saturated heterocycles. The number of carbonyl (C=O) groups is 1. The van der Waals surface area contributed by atoms with E-state index in [1.807, 2.05) is 25.5 Å². The van der Waals surface area contributed by atoms with E-state index in [9.17, 15) is 4.79 Å². The lowest BCUT2D eigenvalue weighted by molar-refractivity contribution is -0.145. The van der Waals surface area contributed by atoms with Gasteiger partial charge in [0.1, 0.15) is 6.04 Å². The number of aromatic nitrogens is 2. The SMILES string of the molecule is CCOC(=O)C(Cn1nc(C)c(C)c1C)NC. The van der Waals surface area contributed by atoms with Gasteiger partial charge in [0, 0.05) is 5.69 Å². The number of nitrogens with one attached hydrogen (secondary N) is 1. The van der Waals surface area contributed by atoms with Gasteiger partial charge in [0.05, 0.1) is 18.8 Å². The van der Waals surface area contributed by atoms with Crippen LogP contribution in [0.2, 0.25) is 0 Å². The summed E-state index contributed by atoms with van der Waals surface area (Å²) in [6.07, 6.45) is 0. The van der Waals surface area contributed by atoms with E-state index < -0.39 is 0 Å². The Labute approximate surface area is 102 Å². The molecule has 17 heavy (non-hydrogen) atoms. The van der Waals surface area contributed by atoms with E-state index in [1.165, 1.54) is 5.56 Å². The second-order valence-electron chi connectivity index (χ2n) is 4.07. The van der Waals surface area contributed by atoms with Crippen molar-refractivity contribution < 1.29 is 9.53 Å². The quantitative estimate of drug-likeness (QED) is 0.778. The fourth-order valence-electron chi connectivity index (χ4n) is 1.66. The topological polar surface area (TPSA) is 56.2 Å². The Hall–Kier alpha value is -1.36. The summed E-state index contributed by atoms with van der Waals surface area (Å²) in [4.78, 5) is 11.7. The number of likely N-dealkylation sites (N-methyl/N-ethyl adjacent to an activating group) is 1. The van der Waals surface area contributed by atoms with Gasteiger partial charge in [-0.2, -0.15) is 5.10 Å². The number of esters is 1. The lowest BCUT2D eigenvalue weighted by atomic mass is 10.2. The minimum Gasteiger partial charge on any atom is -0.465 e. The van der Waals surface area contributed by atoms with Crippen LogP contribution in [0.5, 0.6) is 0 Å². The van der Waals surface area contributed by atoms with Crippen molar-refractivity contribution in [2.45, 2.75) is 40.3 Å². The van der Waals surface area contributed by atoms with Crippen LogP contribution < -0.4 is 5.32 Å². The van der Waals surface area contributed by atoms with Gasteiger partial charge < -0.3 is 10.1 Å². The third-order valence-electron chi connectivity index (χ3n) is 3.02. The zero-order chi connectivity index (χ0) is 13.0. The second-order valence-corrected chi connectivity index (χ2v) is 4.07. The Bertz CT molecular complexity index is 399. The molecule has 1 rings (SSSR count). The largest absolute Gasteiger partial charge is 0.465 e. The maximum Gasteiger partial charge on any atom is 0.325 e. The van der Waals surface area contributed by atoms with Crippen LogP contribution in [0, 0.1) is 20.8 Å². The first-order valence-corrected chi connectivity index (χ1v) is 5.85. The summed E-state index contributed by atoms with van der Waals surface area (Å²) >= 11 is 0. The predicted molar refractivity (Wildman–Crippen MR) is 65.9 cm³/mol. The number of ether oxygens (including phenoxy) is 1. The van der Waals surface area contributed by atoms with E-state index in [-0.39, 0.29) is 12.0 Å². The normalized spacial score (nSPS) is 12.5. The Morgan fingerprint density at radius 1 is 1.47 bits per heavy atom. The minimum absolute atomic E-state index is 0.236. The predicted octanol–water partition coefficient (Wildman–Crippen LogP) is 0.959. The summed E-state index contributed by atoms with van der Waals surface area (Å²) in [5.74, 6) is -0.236. The number of carbonyl (C=O) groups excluding carboxylic acids is 1. The molecule has 1 aromatic rings. The van der Waals surface area contributed by atoms with Crippen LogP contribution in [0.4, 0.5) is 0 Å². The van der Waals surface area contributed by atoms with Gasteiger partial charge in [-0.15, -0.1) is 0 Å². The third-order valence-corrected chi connectivity index (χ3v) is 3.02. The Morgan fingerprint density at radius 3 is 2.53 bits per heavy atom. The minimum atomic E-state index is -0.354. The molecule has 1 N–H and O–H groups in total. The molecule has 1 unspecified atom stereocenters. The summed E-state index contributed by atoms with van der Waals surface area (Å²) in [5, 5.41) is 7.36. The van der Waals surface area contributed by atoms with Crippen LogP contribution in [0.15, 0.2) is 0 Å². The maximum atomic E-state index is 11.7. The van der Waals surface area contributed by atoms with Crippen LogP contribution in [0.3, 0.4) is 0 Å². The molecule has 96 valence electrons. The monoisotopic (exact) mass is 239 g/mol. The first-order chi connectivity index (χ1) is 8.01. The molecule has 0 amide bonds. The van der Waals surface area contributed by atoms with Crippen molar-refractivity contribution in [1.82, 2.24) is 15.1 Å². The number of aryl methyl sites for hydroxylation is 1. The van der Waals surface area contributed by atoms with Crippen LogP contribution >= 0.6 is 0 Å². The smallest absolute Gasteiger partial charge is 0.325 e. The summed E-state index contributed by atoms with van der Waals surface area (Å²) in [6, 6.07) is -0.354. The third kappa shape index (κ3) is 3.06. The van der Waals surface area contributed by atoms with Gasteiger partial charge in [-0.3, -0.25) is 9.48 Å². The molecule has 0 aliphatic rings. The molecule has 5 heteroatoms. The van der Waals surface area contributed by atoms with Gasteiger partial charge >= 0.3 is 5.97 Å². The van der Waals surface area contributed by atoms with Crippen LogP contribution in [0.1, 0.15) is 23.9 Å². The van der Waals surface area contributed by atoms with Crippen molar-refractivity contribution in [3.05, 3.63) is 17.0 Å². The maximum absolute atomic E-state index is 11.7. The van der Waals surface area contributed by atoms with Gasteiger partial charge in [-0.25, -0.2) is 0 Å². The fourth-order valence-corrected chi connectivity index (χ4v) is 1.66. The van der Waals surface area contributed by atoms with Crippen molar-refractivity contribution >= 4 is 5.97 Å². The fraction of sp³-hybridized carbons (Fsp3) is 0.667. The van der Waals surface area contributed by atoms with Crippen molar-refractivity contribution in [3.63, 3.8) is 0 Å². The van der Waals surface area contributed by atoms with Gasteiger partial charge in [-0.05, 0) is 40.3 Å². The highest BCUT2D eigenvalue weighted by atomic mass is 16.5. The van der Waals surface area contributed by atoms with Crippen LogP contribution in [-0.4, -0.2) is 35.4 Å².